The Morgan fingerprint density at radius 3 is 0.455 bits per heavy atom. The molecule has 331 valence electrons. The van der Waals surface area contributed by atoms with Crippen molar-refractivity contribution in [2.45, 2.75) is 309 Å². The zero-order valence-electron chi connectivity index (χ0n) is 37.5. The van der Waals surface area contributed by atoms with Gasteiger partial charge in [-0.05, 0) is 25.7 Å². The summed E-state index contributed by atoms with van der Waals surface area (Å²) >= 11 is 0. The Kier molecular flexibility index (Phi) is 59.3. The fourth-order valence-electron chi connectivity index (χ4n) is 7.76. The van der Waals surface area contributed by atoms with Crippen molar-refractivity contribution in [2.75, 3.05) is 0 Å². The monoisotopic (exact) mass is 822 g/mol. The first kappa shape index (κ1) is 58.8. The molecule has 0 N–H and O–H groups in total. The second-order valence-corrected chi connectivity index (χ2v) is 17.1. The fraction of sp³-hybridized carbons (Fsp3) is 0.960. The van der Waals surface area contributed by atoms with Gasteiger partial charge in [0, 0.05) is 11.9 Å². The van der Waals surface area contributed by atoms with Crippen molar-refractivity contribution in [3.05, 3.63) is 0 Å². The minimum absolute atomic E-state index is 0. The summed E-state index contributed by atoms with van der Waals surface area (Å²) in [5, 5.41) is 20.6. The number of unbranched alkanes of at least 4 members (excludes halogenated alkanes) is 42. The van der Waals surface area contributed by atoms with E-state index in [0.29, 0.717) is 0 Å². The van der Waals surface area contributed by atoms with Crippen LogP contribution in [0.2, 0.25) is 0 Å². The Labute approximate surface area is 356 Å². The number of rotatable bonds is 46. The summed E-state index contributed by atoms with van der Waals surface area (Å²) in [6, 6.07) is 0. The molecular weight excluding hydrogens is 723 g/mol. The van der Waals surface area contributed by atoms with Gasteiger partial charge in [0.05, 0.1) is 0 Å². The maximum atomic E-state index is 10.3. The van der Waals surface area contributed by atoms with Gasteiger partial charge in [-0.1, -0.05) is 284 Å². The summed E-state index contributed by atoms with van der Waals surface area (Å²) < 4.78 is 0. The van der Waals surface area contributed by atoms with Crippen molar-refractivity contribution in [1.29, 1.82) is 0 Å². The SMILES string of the molecule is CCCCCCCCCCCCCCCCCCCCCCCCC(=O)[O-].CCCCCCCCCCCCCCCCCCCCCCCCC(=O)[O-].[Co+2]. The summed E-state index contributed by atoms with van der Waals surface area (Å²) in [6.45, 7) is 4.58. The Hall–Kier alpha value is -0.554. The third kappa shape index (κ3) is 62.8. The van der Waals surface area contributed by atoms with E-state index in [-0.39, 0.29) is 29.6 Å². The topological polar surface area (TPSA) is 80.3 Å². The molecule has 5 heteroatoms. The molecular formula is C50H98CoO4. The second-order valence-electron chi connectivity index (χ2n) is 17.1. The minimum atomic E-state index is -0.900. The van der Waals surface area contributed by atoms with Crippen molar-refractivity contribution in [1.82, 2.24) is 0 Å². The standard InChI is InChI=1S/2C25H50O2.Co/c2*1-2-3-4-5-6-7-8-9-10-11-12-13-14-15-16-17-18-19-20-21-22-23-24-25(26)27;/h2*2-24H2,1H3,(H,26,27);/q;;+2/p-2. The molecule has 0 bridgehead atoms. The molecule has 0 atom stereocenters. The van der Waals surface area contributed by atoms with E-state index in [1.807, 2.05) is 0 Å². The van der Waals surface area contributed by atoms with Crippen LogP contribution in [-0.4, -0.2) is 11.9 Å². The van der Waals surface area contributed by atoms with Crippen molar-refractivity contribution in [2.24, 2.45) is 0 Å². The van der Waals surface area contributed by atoms with Crippen LogP contribution in [-0.2, 0) is 26.4 Å². The van der Waals surface area contributed by atoms with Crippen LogP contribution < -0.4 is 10.2 Å². The summed E-state index contributed by atoms with van der Waals surface area (Å²) in [7, 11) is 0. The van der Waals surface area contributed by atoms with Gasteiger partial charge in [-0.15, -0.1) is 0 Å². The minimum Gasteiger partial charge on any atom is -0.550 e. The van der Waals surface area contributed by atoms with E-state index in [4.69, 9.17) is 0 Å². The molecule has 0 aliphatic rings. The molecule has 0 heterocycles. The molecule has 55 heavy (non-hydrogen) atoms. The zero-order valence-corrected chi connectivity index (χ0v) is 38.5. The number of carbonyl (C=O) groups excluding carboxylic acids is 2. The smallest absolute Gasteiger partial charge is 0.550 e. The fourth-order valence-corrected chi connectivity index (χ4v) is 7.76. The average molecular weight is 822 g/mol. The van der Waals surface area contributed by atoms with E-state index < -0.39 is 11.9 Å². The predicted octanol–water partition coefficient (Wildman–Crippen LogP) is 15.5. The Morgan fingerprint density at radius 1 is 0.236 bits per heavy atom. The van der Waals surface area contributed by atoms with E-state index in [2.05, 4.69) is 13.8 Å². The van der Waals surface area contributed by atoms with Crippen LogP contribution >= 0.6 is 0 Å². The van der Waals surface area contributed by atoms with Crippen LogP contribution in [0, 0.1) is 0 Å². The third-order valence-electron chi connectivity index (χ3n) is 11.5. The quantitative estimate of drug-likeness (QED) is 0.0573. The van der Waals surface area contributed by atoms with E-state index in [9.17, 15) is 19.8 Å². The second kappa shape index (κ2) is 55.5. The molecule has 0 amide bonds. The molecule has 0 aliphatic heterocycles. The number of aliphatic carboxylic acids is 2. The zero-order chi connectivity index (χ0) is 39.7. The molecule has 0 spiro atoms. The Bertz CT molecular complexity index is 641. The van der Waals surface area contributed by atoms with E-state index >= 15 is 0 Å². The first-order chi connectivity index (χ1) is 26.5. The molecule has 0 aromatic carbocycles. The van der Waals surface area contributed by atoms with Crippen LogP contribution in [0.4, 0.5) is 0 Å². The van der Waals surface area contributed by atoms with Gasteiger partial charge in [0.1, 0.15) is 0 Å². The maximum Gasteiger partial charge on any atom is 2.00 e. The molecule has 0 saturated heterocycles. The maximum absolute atomic E-state index is 10.3. The van der Waals surface area contributed by atoms with E-state index in [1.54, 1.807) is 0 Å². The molecule has 0 aromatic rings. The van der Waals surface area contributed by atoms with Gasteiger partial charge in [-0.25, -0.2) is 0 Å². The summed E-state index contributed by atoms with van der Waals surface area (Å²) in [4.78, 5) is 20.6. The Balaban J connectivity index is -0.000000966. The number of hydrogen-bond acceptors (Lipinski definition) is 4. The van der Waals surface area contributed by atoms with E-state index in [1.165, 1.54) is 257 Å². The van der Waals surface area contributed by atoms with Crippen LogP contribution in [0.3, 0.4) is 0 Å². The number of carboxylic acids is 2. The molecule has 4 nitrogen and oxygen atoms in total. The number of carboxylic acid groups (broad SMARTS) is 2. The average Bonchev–Trinajstić information content (AvgIpc) is 3.15. The summed E-state index contributed by atoms with van der Waals surface area (Å²) in [5.41, 5.74) is 0. The van der Waals surface area contributed by atoms with Crippen LogP contribution in [0.1, 0.15) is 309 Å². The molecule has 0 rings (SSSR count). The van der Waals surface area contributed by atoms with Crippen LogP contribution in [0.5, 0.6) is 0 Å². The first-order valence-electron chi connectivity index (χ1n) is 24.9. The first-order valence-corrected chi connectivity index (χ1v) is 24.9. The number of carbonyl (C=O) groups is 2. The van der Waals surface area contributed by atoms with Crippen molar-refractivity contribution >= 4 is 11.9 Å². The van der Waals surface area contributed by atoms with Gasteiger partial charge >= 0.3 is 16.8 Å². The van der Waals surface area contributed by atoms with Crippen LogP contribution in [0.15, 0.2) is 0 Å². The van der Waals surface area contributed by atoms with Gasteiger partial charge in [-0.2, -0.15) is 0 Å². The third-order valence-corrected chi connectivity index (χ3v) is 11.5. The van der Waals surface area contributed by atoms with Crippen LogP contribution in [0.25, 0.3) is 0 Å². The van der Waals surface area contributed by atoms with Crippen molar-refractivity contribution < 1.29 is 36.6 Å². The Morgan fingerprint density at radius 2 is 0.345 bits per heavy atom. The molecule has 0 aliphatic carbocycles. The van der Waals surface area contributed by atoms with E-state index in [0.717, 1.165) is 25.7 Å². The van der Waals surface area contributed by atoms with Gasteiger partial charge in [-0.3, -0.25) is 0 Å². The molecule has 0 aromatic heterocycles. The molecule has 0 unspecified atom stereocenters. The largest absolute Gasteiger partial charge is 2.00 e. The molecule has 1 radical (unpaired) electrons. The van der Waals surface area contributed by atoms with Gasteiger partial charge in [0.2, 0.25) is 0 Å². The normalized spacial score (nSPS) is 10.9. The van der Waals surface area contributed by atoms with Gasteiger partial charge in [0.25, 0.3) is 0 Å². The summed E-state index contributed by atoms with van der Waals surface area (Å²) in [6.07, 6.45) is 60.4. The number of hydrogen-bond donors (Lipinski definition) is 0. The van der Waals surface area contributed by atoms with Crippen molar-refractivity contribution in [3.8, 4) is 0 Å². The molecule has 0 fully saturated rings. The predicted molar refractivity (Wildman–Crippen MR) is 234 cm³/mol. The molecule has 0 saturated carbocycles. The van der Waals surface area contributed by atoms with Gasteiger partial charge < -0.3 is 19.8 Å². The van der Waals surface area contributed by atoms with Crippen molar-refractivity contribution in [3.63, 3.8) is 0 Å². The van der Waals surface area contributed by atoms with Gasteiger partial charge in [0.15, 0.2) is 0 Å². The summed E-state index contributed by atoms with van der Waals surface area (Å²) in [5.74, 6) is -1.80.